The molecule has 0 bridgehead atoms. The molecule has 8 heteroatoms. The fourth-order valence-electron chi connectivity index (χ4n) is 3.98. The number of benzene rings is 1. The highest BCUT2D eigenvalue weighted by atomic mass is 16.5. The summed E-state index contributed by atoms with van der Waals surface area (Å²) in [7, 11) is 1.55. The first-order valence-corrected chi connectivity index (χ1v) is 9.74. The lowest BCUT2D eigenvalue weighted by Crippen LogP contribution is -2.57. The summed E-state index contributed by atoms with van der Waals surface area (Å²) in [5.74, 6) is -0.833. The van der Waals surface area contributed by atoms with Crippen molar-refractivity contribution in [2.45, 2.75) is 19.8 Å². The summed E-state index contributed by atoms with van der Waals surface area (Å²) >= 11 is 0. The van der Waals surface area contributed by atoms with Gasteiger partial charge < -0.3 is 9.64 Å². The maximum absolute atomic E-state index is 13.2. The number of aliphatic imine (C=N–C) groups is 1. The molecule has 3 aliphatic heterocycles. The number of imide groups is 1. The largest absolute Gasteiger partial charge is 0.497 e. The maximum Gasteiger partial charge on any atom is 0.446 e. The minimum absolute atomic E-state index is 0.281. The van der Waals surface area contributed by atoms with E-state index in [0.29, 0.717) is 24.7 Å². The Morgan fingerprint density at radius 1 is 1.31 bits per heavy atom. The van der Waals surface area contributed by atoms with Gasteiger partial charge in [0.2, 0.25) is 0 Å². The number of anilines is 1. The highest BCUT2D eigenvalue weighted by molar-refractivity contribution is 6.16. The van der Waals surface area contributed by atoms with Gasteiger partial charge in [-0.1, -0.05) is 18.2 Å². The molecule has 4 rings (SSSR count). The van der Waals surface area contributed by atoms with Crippen LogP contribution >= 0.6 is 0 Å². The molecule has 0 aliphatic carbocycles. The van der Waals surface area contributed by atoms with Crippen LogP contribution in [0.1, 0.15) is 18.9 Å². The first-order valence-electron chi connectivity index (χ1n) is 9.74. The zero-order chi connectivity index (χ0) is 20.5. The van der Waals surface area contributed by atoms with Crippen molar-refractivity contribution in [3.05, 3.63) is 41.7 Å². The number of hydrogen-bond donors (Lipinski definition) is 0. The highest BCUT2D eigenvalue weighted by Crippen LogP contribution is 2.28. The number of nitrogens with zero attached hydrogens (tertiary/aromatic N) is 4. The van der Waals surface area contributed by atoms with Crippen molar-refractivity contribution < 1.29 is 23.7 Å². The van der Waals surface area contributed by atoms with E-state index in [1.54, 1.807) is 18.0 Å². The molecular formula is C21H23N4O4+. The van der Waals surface area contributed by atoms with Crippen LogP contribution in [0.25, 0.3) is 0 Å². The predicted molar refractivity (Wildman–Crippen MR) is 107 cm³/mol. The Labute approximate surface area is 168 Å². The summed E-state index contributed by atoms with van der Waals surface area (Å²) in [5.41, 5.74) is 1.94. The van der Waals surface area contributed by atoms with E-state index >= 15 is 0 Å². The molecule has 0 saturated heterocycles. The van der Waals surface area contributed by atoms with E-state index in [2.05, 4.69) is 4.99 Å². The molecule has 0 aromatic heterocycles. The fraction of sp³-hybridized carbons (Fsp3) is 0.381. The van der Waals surface area contributed by atoms with Gasteiger partial charge in [0.15, 0.2) is 12.5 Å². The normalized spacial score (nSPS) is 21.0. The van der Waals surface area contributed by atoms with Crippen molar-refractivity contribution in [2.24, 2.45) is 10.9 Å². The number of carbonyl (C=O) groups excluding carboxylic acids is 3. The Bertz CT molecular complexity index is 979. The first-order chi connectivity index (χ1) is 14.0. The van der Waals surface area contributed by atoms with E-state index in [9.17, 15) is 14.4 Å². The molecule has 1 atom stereocenters. The molecule has 0 N–H and O–H groups in total. The summed E-state index contributed by atoms with van der Waals surface area (Å²) in [6, 6.07) is 7.17. The van der Waals surface area contributed by atoms with Crippen LogP contribution in [0.3, 0.4) is 0 Å². The Hall–Kier alpha value is -3.29. The minimum Gasteiger partial charge on any atom is -0.497 e. The quantitative estimate of drug-likeness (QED) is 0.725. The van der Waals surface area contributed by atoms with Crippen molar-refractivity contribution in [3.63, 3.8) is 0 Å². The first kappa shape index (κ1) is 19.0. The standard InChI is InChI=1S/C21H23N4O4/c1-3-29-16-10-11-22-19-18(16)20(27)25(21(28)23(19)2)13-17(26)24-12-6-8-14-7-4-5-9-15(14)24/h4-5,7,9-11,18H,3,6,8,12-13H2,1-2H3/q+1. The Balaban J connectivity index is 1.61. The van der Waals surface area contributed by atoms with Crippen LogP contribution in [0.2, 0.25) is 0 Å². The van der Waals surface area contributed by atoms with Crippen molar-refractivity contribution in [3.8, 4) is 0 Å². The number of carbonyl (C=O) groups is 3. The number of rotatable bonds is 4. The van der Waals surface area contributed by atoms with Gasteiger partial charge >= 0.3 is 11.9 Å². The van der Waals surface area contributed by atoms with E-state index in [0.717, 1.165) is 29.0 Å². The third kappa shape index (κ3) is 3.24. The van der Waals surface area contributed by atoms with Crippen LogP contribution in [0.15, 0.2) is 41.1 Å². The second-order valence-electron chi connectivity index (χ2n) is 7.12. The smallest absolute Gasteiger partial charge is 0.446 e. The molecule has 0 radical (unpaired) electrons. The van der Waals surface area contributed by atoms with Crippen LogP contribution in [0.4, 0.5) is 10.5 Å². The highest BCUT2D eigenvalue weighted by Gasteiger charge is 2.50. The number of ether oxygens (including phenoxy) is 1. The van der Waals surface area contributed by atoms with Gasteiger partial charge in [-0.15, -0.1) is 4.99 Å². The molecule has 150 valence electrons. The van der Waals surface area contributed by atoms with Crippen LogP contribution in [-0.4, -0.2) is 66.1 Å². The number of para-hydroxylation sites is 1. The molecular weight excluding hydrogens is 372 g/mol. The van der Waals surface area contributed by atoms with Gasteiger partial charge in [-0.25, -0.2) is 4.79 Å². The number of urea groups is 1. The Morgan fingerprint density at radius 3 is 2.90 bits per heavy atom. The van der Waals surface area contributed by atoms with Crippen LogP contribution in [-0.2, 0) is 20.7 Å². The van der Waals surface area contributed by atoms with Gasteiger partial charge in [-0.05, 0) is 31.4 Å². The summed E-state index contributed by atoms with van der Waals surface area (Å²) in [6.45, 7) is 2.46. The molecule has 0 fully saturated rings. The number of hydrogen-bond acceptors (Lipinski definition) is 5. The molecule has 8 nitrogen and oxygen atoms in total. The van der Waals surface area contributed by atoms with Crippen LogP contribution < -0.4 is 4.90 Å². The molecule has 1 unspecified atom stereocenters. The minimum atomic E-state index is -0.816. The molecule has 1 aromatic carbocycles. The molecule has 3 heterocycles. The molecule has 3 aliphatic rings. The lowest BCUT2D eigenvalue weighted by atomic mass is 9.99. The SMILES string of the molecule is CCOC1=CC=NC2=[N+](C)C(=O)N(CC(=O)N3CCCc4ccccc43)C(=O)C12. The number of amidine groups is 1. The molecule has 4 amide bonds. The average molecular weight is 395 g/mol. The Kier molecular flexibility index (Phi) is 5.00. The van der Waals surface area contributed by atoms with Crippen molar-refractivity contribution in [1.29, 1.82) is 0 Å². The van der Waals surface area contributed by atoms with Crippen molar-refractivity contribution in [1.82, 2.24) is 4.90 Å². The second kappa shape index (κ2) is 7.62. The van der Waals surface area contributed by atoms with Gasteiger partial charge in [-0.2, -0.15) is 9.48 Å². The summed E-state index contributed by atoms with van der Waals surface area (Å²) in [4.78, 5) is 45.9. The third-order valence-corrected chi connectivity index (χ3v) is 5.38. The van der Waals surface area contributed by atoms with Gasteiger partial charge in [0.25, 0.3) is 11.7 Å². The molecule has 29 heavy (non-hydrogen) atoms. The third-order valence-electron chi connectivity index (χ3n) is 5.38. The maximum atomic E-state index is 13.2. The van der Waals surface area contributed by atoms with Gasteiger partial charge in [0.05, 0.1) is 13.7 Å². The van der Waals surface area contributed by atoms with Crippen molar-refractivity contribution >= 4 is 35.6 Å². The van der Waals surface area contributed by atoms with Gasteiger partial charge in [0, 0.05) is 18.3 Å². The van der Waals surface area contributed by atoms with Crippen molar-refractivity contribution in [2.75, 3.05) is 31.6 Å². The van der Waals surface area contributed by atoms with Gasteiger partial charge in [0.1, 0.15) is 12.0 Å². The molecule has 0 spiro atoms. The lowest BCUT2D eigenvalue weighted by molar-refractivity contribution is -0.408. The number of allylic oxidation sites excluding steroid dienone is 1. The monoisotopic (exact) mass is 395 g/mol. The number of dihydropyridines is 1. The van der Waals surface area contributed by atoms with E-state index in [4.69, 9.17) is 4.74 Å². The zero-order valence-electron chi connectivity index (χ0n) is 16.5. The van der Waals surface area contributed by atoms with Crippen LogP contribution in [0.5, 0.6) is 0 Å². The predicted octanol–water partition coefficient (Wildman–Crippen LogP) is 1.59. The summed E-state index contributed by atoms with van der Waals surface area (Å²) in [5, 5.41) is 0. The number of fused-ring (bicyclic) bond motifs is 2. The molecule has 1 aromatic rings. The number of aryl methyl sites for hydroxylation is 1. The second-order valence-corrected chi connectivity index (χ2v) is 7.12. The average Bonchev–Trinajstić information content (AvgIpc) is 2.74. The summed E-state index contributed by atoms with van der Waals surface area (Å²) < 4.78 is 6.90. The summed E-state index contributed by atoms with van der Waals surface area (Å²) in [6.07, 6.45) is 4.89. The lowest BCUT2D eigenvalue weighted by Gasteiger charge is -2.32. The fourth-order valence-corrected chi connectivity index (χ4v) is 3.98. The van der Waals surface area contributed by atoms with E-state index < -0.39 is 17.9 Å². The van der Waals surface area contributed by atoms with Gasteiger partial charge in [-0.3, -0.25) is 9.59 Å². The van der Waals surface area contributed by atoms with E-state index in [-0.39, 0.29) is 12.5 Å². The van der Waals surface area contributed by atoms with Crippen LogP contribution in [0, 0.1) is 5.92 Å². The van der Waals surface area contributed by atoms with E-state index in [1.807, 2.05) is 31.2 Å². The molecule has 0 saturated carbocycles. The van der Waals surface area contributed by atoms with E-state index in [1.165, 1.54) is 10.8 Å². The topological polar surface area (TPSA) is 82.3 Å². The number of amides is 4. The Morgan fingerprint density at radius 2 is 2.10 bits per heavy atom. The zero-order valence-corrected chi connectivity index (χ0v) is 16.5.